The molecule has 5 heteroatoms. The molecule has 1 aliphatic carbocycles. The third-order valence-corrected chi connectivity index (χ3v) is 3.30. The smallest absolute Gasteiger partial charge is 0.253 e. The monoisotopic (exact) mass is 275 g/mol. The van der Waals surface area contributed by atoms with Crippen LogP contribution in [0.4, 0.5) is 0 Å². The Hall–Kier alpha value is -0.680. The van der Waals surface area contributed by atoms with E-state index in [9.17, 15) is 9.59 Å². The van der Waals surface area contributed by atoms with E-state index in [1.54, 1.807) is 0 Å². The molecule has 0 atom stereocenters. The Bertz CT molecular complexity index is 312. The standard InChI is InChI=1S/C10H14BrNO3/c1-12(15-2)10(14)6-9(13)7-4-3-5-8(7)11/h3-6H2,1-2H3. The summed E-state index contributed by atoms with van der Waals surface area (Å²) < 4.78 is 0.945. The number of carbonyl (C=O) groups is 2. The minimum atomic E-state index is -0.317. The molecule has 0 N–H and O–H groups in total. The maximum absolute atomic E-state index is 11.7. The number of hydroxylamine groups is 2. The first-order chi connectivity index (χ1) is 7.06. The highest BCUT2D eigenvalue weighted by Gasteiger charge is 2.22. The van der Waals surface area contributed by atoms with Gasteiger partial charge in [-0.3, -0.25) is 14.4 Å². The van der Waals surface area contributed by atoms with Gasteiger partial charge in [-0.1, -0.05) is 15.9 Å². The van der Waals surface area contributed by atoms with E-state index in [4.69, 9.17) is 4.84 Å². The van der Waals surface area contributed by atoms with E-state index >= 15 is 0 Å². The lowest BCUT2D eigenvalue weighted by molar-refractivity contribution is -0.169. The van der Waals surface area contributed by atoms with Crippen molar-refractivity contribution in [3.8, 4) is 0 Å². The molecule has 0 saturated carbocycles. The molecule has 0 radical (unpaired) electrons. The molecule has 84 valence electrons. The Morgan fingerprint density at radius 1 is 1.47 bits per heavy atom. The van der Waals surface area contributed by atoms with Crippen molar-refractivity contribution >= 4 is 27.6 Å². The lowest BCUT2D eigenvalue weighted by atomic mass is 10.1. The van der Waals surface area contributed by atoms with Gasteiger partial charge in [0.1, 0.15) is 0 Å². The average Bonchev–Trinajstić information content (AvgIpc) is 2.63. The van der Waals surface area contributed by atoms with Gasteiger partial charge in [-0.15, -0.1) is 0 Å². The van der Waals surface area contributed by atoms with Gasteiger partial charge in [-0.05, 0) is 19.3 Å². The van der Waals surface area contributed by atoms with Crippen molar-refractivity contribution in [3.05, 3.63) is 10.1 Å². The van der Waals surface area contributed by atoms with Gasteiger partial charge in [0.2, 0.25) is 0 Å². The fourth-order valence-corrected chi connectivity index (χ4v) is 2.15. The molecular weight excluding hydrogens is 262 g/mol. The van der Waals surface area contributed by atoms with Crippen LogP contribution in [-0.4, -0.2) is 30.9 Å². The van der Waals surface area contributed by atoms with Crippen LogP contribution in [0.3, 0.4) is 0 Å². The second kappa shape index (κ2) is 5.42. The van der Waals surface area contributed by atoms with E-state index in [0.717, 1.165) is 34.4 Å². The zero-order valence-corrected chi connectivity index (χ0v) is 10.5. The minimum absolute atomic E-state index is 0.103. The van der Waals surface area contributed by atoms with Crippen molar-refractivity contribution in [2.45, 2.75) is 25.7 Å². The molecule has 0 aromatic heterocycles. The number of carbonyl (C=O) groups excluding carboxylic acids is 2. The van der Waals surface area contributed by atoms with Gasteiger partial charge < -0.3 is 0 Å². The molecule has 15 heavy (non-hydrogen) atoms. The number of rotatable bonds is 4. The number of ketones is 1. The van der Waals surface area contributed by atoms with Crippen LogP contribution in [0.1, 0.15) is 25.7 Å². The molecule has 0 unspecified atom stereocenters. The van der Waals surface area contributed by atoms with Crippen LogP contribution in [0.5, 0.6) is 0 Å². The van der Waals surface area contributed by atoms with Gasteiger partial charge >= 0.3 is 0 Å². The van der Waals surface area contributed by atoms with Crippen molar-refractivity contribution in [3.63, 3.8) is 0 Å². The number of hydrogen-bond acceptors (Lipinski definition) is 3. The topological polar surface area (TPSA) is 46.6 Å². The summed E-state index contributed by atoms with van der Waals surface area (Å²) in [6.45, 7) is 0. The third kappa shape index (κ3) is 3.14. The van der Waals surface area contributed by atoms with Crippen molar-refractivity contribution in [2.24, 2.45) is 0 Å². The lowest BCUT2D eigenvalue weighted by Gasteiger charge is -2.13. The first kappa shape index (κ1) is 12.4. The van der Waals surface area contributed by atoms with E-state index in [1.165, 1.54) is 14.2 Å². The van der Waals surface area contributed by atoms with Crippen LogP contribution < -0.4 is 0 Å². The molecule has 0 aliphatic heterocycles. The summed E-state index contributed by atoms with van der Waals surface area (Å²) in [6.07, 6.45) is 2.53. The zero-order chi connectivity index (χ0) is 11.4. The molecule has 0 saturated heterocycles. The average molecular weight is 276 g/mol. The quantitative estimate of drug-likeness (QED) is 0.581. The largest absolute Gasteiger partial charge is 0.294 e. The first-order valence-electron chi connectivity index (χ1n) is 4.77. The van der Waals surface area contributed by atoms with Gasteiger partial charge in [-0.25, -0.2) is 5.06 Å². The second-order valence-corrected chi connectivity index (χ2v) is 4.37. The summed E-state index contributed by atoms with van der Waals surface area (Å²) in [6, 6.07) is 0. The molecule has 1 rings (SSSR count). The summed E-state index contributed by atoms with van der Waals surface area (Å²) in [4.78, 5) is 27.8. The van der Waals surface area contributed by atoms with Crippen molar-refractivity contribution < 1.29 is 14.4 Å². The fraction of sp³-hybridized carbons (Fsp3) is 0.600. The SMILES string of the molecule is CON(C)C(=O)CC(=O)C1=C(Br)CCC1. The number of allylic oxidation sites excluding steroid dienone is 2. The van der Waals surface area contributed by atoms with E-state index in [2.05, 4.69) is 15.9 Å². The Kier molecular flexibility index (Phi) is 4.47. The second-order valence-electron chi connectivity index (χ2n) is 3.41. The first-order valence-corrected chi connectivity index (χ1v) is 5.57. The van der Waals surface area contributed by atoms with E-state index in [1.807, 2.05) is 0 Å². The molecule has 0 bridgehead atoms. The summed E-state index contributed by atoms with van der Waals surface area (Å²) in [5, 5.41) is 1.07. The Balaban J connectivity index is 2.56. The summed E-state index contributed by atoms with van der Waals surface area (Å²) >= 11 is 3.35. The number of nitrogens with zero attached hydrogens (tertiary/aromatic N) is 1. The van der Waals surface area contributed by atoms with E-state index in [-0.39, 0.29) is 18.1 Å². The number of amides is 1. The third-order valence-electron chi connectivity index (χ3n) is 2.42. The van der Waals surface area contributed by atoms with E-state index in [0.29, 0.717) is 0 Å². The van der Waals surface area contributed by atoms with Crippen LogP contribution in [0.25, 0.3) is 0 Å². The van der Waals surface area contributed by atoms with Crippen molar-refractivity contribution in [1.82, 2.24) is 5.06 Å². The predicted octanol–water partition coefficient (Wildman–Crippen LogP) is 1.80. The normalized spacial score (nSPS) is 15.7. The predicted molar refractivity (Wildman–Crippen MR) is 59.2 cm³/mol. The van der Waals surface area contributed by atoms with Crippen LogP contribution in [0.2, 0.25) is 0 Å². The summed E-state index contributed by atoms with van der Waals surface area (Å²) in [5.74, 6) is -0.421. The van der Waals surface area contributed by atoms with Crippen LogP contribution in [0, 0.1) is 0 Å². The highest BCUT2D eigenvalue weighted by atomic mass is 79.9. The highest BCUT2D eigenvalue weighted by molar-refractivity contribution is 9.11. The van der Waals surface area contributed by atoms with Crippen LogP contribution in [0.15, 0.2) is 10.1 Å². The molecule has 0 aromatic rings. The summed E-state index contributed by atoms with van der Waals surface area (Å²) in [5.41, 5.74) is 0.757. The molecular formula is C10H14BrNO3. The van der Waals surface area contributed by atoms with Gasteiger partial charge in [0.15, 0.2) is 5.78 Å². The highest BCUT2D eigenvalue weighted by Crippen LogP contribution is 2.31. The summed E-state index contributed by atoms with van der Waals surface area (Å²) in [7, 11) is 2.89. The molecule has 0 heterocycles. The molecule has 0 fully saturated rings. The van der Waals surface area contributed by atoms with Gasteiger partial charge in [-0.2, -0.15) is 0 Å². The van der Waals surface area contributed by atoms with Crippen molar-refractivity contribution in [1.29, 1.82) is 0 Å². The van der Waals surface area contributed by atoms with Gasteiger partial charge in [0, 0.05) is 17.1 Å². The van der Waals surface area contributed by atoms with Crippen molar-refractivity contribution in [2.75, 3.05) is 14.2 Å². The Labute approximate surface area is 97.3 Å². The van der Waals surface area contributed by atoms with Gasteiger partial charge in [0.05, 0.1) is 13.5 Å². The maximum Gasteiger partial charge on any atom is 0.253 e. The molecule has 4 nitrogen and oxygen atoms in total. The zero-order valence-electron chi connectivity index (χ0n) is 8.88. The van der Waals surface area contributed by atoms with Crippen LogP contribution >= 0.6 is 15.9 Å². The minimum Gasteiger partial charge on any atom is -0.294 e. The number of halogens is 1. The lowest BCUT2D eigenvalue weighted by Crippen LogP contribution is -2.27. The molecule has 0 spiro atoms. The molecule has 1 amide bonds. The number of Topliss-reactive ketones (excluding diaryl/α,β-unsaturated/α-hetero) is 1. The maximum atomic E-state index is 11.7. The fourth-order valence-electron chi connectivity index (χ4n) is 1.45. The molecule has 1 aliphatic rings. The Morgan fingerprint density at radius 3 is 2.60 bits per heavy atom. The van der Waals surface area contributed by atoms with E-state index < -0.39 is 0 Å². The Morgan fingerprint density at radius 2 is 2.13 bits per heavy atom. The number of hydrogen-bond donors (Lipinski definition) is 0. The van der Waals surface area contributed by atoms with Crippen LogP contribution in [-0.2, 0) is 14.4 Å². The molecule has 0 aromatic carbocycles. The van der Waals surface area contributed by atoms with Gasteiger partial charge in [0.25, 0.3) is 5.91 Å².